The number of benzene rings is 1. The molecule has 0 spiro atoms. The summed E-state index contributed by atoms with van der Waals surface area (Å²) in [6.45, 7) is 4.03. The van der Waals surface area contributed by atoms with Crippen molar-refractivity contribution in [1.29, 1.82) is 0 Å². The number of carbonyl (C=O) groups is 2. The van der Waals surface area contributed by atoms with Crippen molar-refractivity contribution in [1.82, 2.24) is 14.9 Å². The predicted molar refractivity (Wildman–Crippen MR) is 113 cm³/mol. The van der Waals surface area contributed by atoms with E-state index in [1.807, 2.05) is 13.8 Å². The fourth-order valence-electron chi connectivity index (χ4n) is 4.18. The van der Waals surface area contributed by atoms with Crippen molar-refractivity contribution in [3.05, 3.63) is 45.1 Å². The van der Waals surface area contributed by atoms with Crippen LogP contribution in [0.2, 0.25) is 0 Å². The van der Waals surface area contributed by atoms with Crippen LogP contribution in [0.1, 0.15) is 46.0 Å². The highest BCUT2D eigenvalue weighted by Gasteiger charge is 2.31. The van der Waals surface area contributed by atoms with E-state index >= 15 is 0 Å². The Morgan fingerprint density at radius 1 is 1.20 bits per heavy atom. The molecule has 162 valence electrons. The summed E-state index contributed by atoms with van der Waals surface area (Å²) in [7, 11) is 0. The van der Waals surface area contributed by atoms with E-state index in [0.717, 1.165) is 0 Å². The van der Waals surface area contributed by atoms with Crippen LogP contribution in [0.15, 0.2) is 33.9 Å². The van der Waals surface area contributed by atoms with Gasteiger partial charge in [-0.1, -0.05) is 32.4 Å². The van der Waals surface area contributed by atoms with Crippen LogP contribution in [-0.2, 0) is 16.1 Å². The van der Waals surface area contributed by atoms with Crippen LogP contribution in [0.4, 0.5) is 0 Å². The molecular formula is C22H29N3O5. The summed E-state index contributed by atoms with van der Waals surface area (Å²) in [5.41, 5.74) is -0.193. The number of rotatable bonds is 7. The SMILES string of the molecule is CC[C@H](C)[C@@H](NC(=O)C1CCC(Cn2c(=O)[nH]c3ccccc3c2=O)CC1)C(=O)O. The summed E-state index contributed by atoms with van der Waals surface area (Å²) in [6.07, 6.45) is 3.31. The molecule has 1 amide bonds. The second kappa shape index (κ2) is 9.28. The Kier molecular flexibility index (Phi) is 6.74. The molecule has 1 aliphatic carbocycles. The Morgan fingerprint density at radius 3 is 2.50 bits per heavy atom. The lowest BCUT2D eigenvalue weighted by atomic mass is 9.81. The Morgan fingerprint density at radius 2 is 1.87 bits per heavy atom. The van der Waals surface area contributed by atoms with Crippen LogP contribution >= 0.6 is 0 Å². The number of nitrogens with one attached hydrogen (secondary N) is 2. The van der Waals surface area contributed by atoms with Gasteiger partial charge in [0.05, 0.1) is 10.9 Å². The Balaban J connectivity index is 1.63. The topological polar surface area (TPSA) is 121 Å². The van der Waals surface area contributed by atoms with Crippen LogP contribution in [0.5, 0.6) is 0 Å². The lowest BCUT2D eigenvalue weighted by Crippen LogP contribution is -2.47. The molecule has 3 N–H and O–H groups in total. The molecule has 1 aromatic heterocycles. The van der Waals surface area contributed by atoms with E-state index in [1.54, 1.807) is 24.3 Å². The molecule has 0 unspecified atom stereocenters. The van der Waals surface area contributed by atoms with Crippen LogP contribution in [0, 0.1) is 17.8 Å². The first-order valence-electron chi connectivity index (χ1n) is 10.6. The number of nitrogens with zero attached hydrogens (tertiary/aromatic N) is 1. The smallest absolute Gasteiger partial charge is 0.328 e. The lowest BCUT2D eigenvalue weighted by Gasteiger charge is -2.29. The van der Waals surface area contributed by atoms with E-state index in [2.05, 4.69) is 10.3 Å². The van der Waals surface area contributed by atoms with Gasteiger partial charge < -0.3 is 15.4 Å². The minimum Gasteiger partial charge on any atom is -0.480 e. The number of aromatic amines is 1. The standard InChI is InChI=1S/C22H29N3O5/c1-3-13(2)18(21(28)29)24-19(26)15-10-8-14(9-11-15)12-25-20(27)16-6-4-5-7-17(16)23-22(25)30/h4-7,13-15,18H,3,8-12H2,1-2H3,(H,23,30)(H,24,26)(H,28,29)/t13-,14?,15?,18+/m0/s1. The zero-order valence-electron chi connectivity index (χ0n) is 17.4. The molecule has 0 bridgehead atoms. The monoisotopic (exact) mass is 415 g/mol. The summed E-state index contributed by atoms with van der Waals surface area (Å²) in [6, 6.07) is 6.05. The summed E-state index contributed by atoms with van der Waals surface area (Å²) in [5.74, 6) is -1.49. The third-order valence-electron chi connectivity index (χ3n) is 6.32. The number of hydrogen-bond acceptors (Lipinski definition) is 4. The molecule has 2 aromatic rings. The molecule has 1 aliphatic rings. The van der Waals surface area contributed by atoms with Crippen molar-refractivity contribution in [2.45, 2.75) is 58.5 Å². The third kappa shape index (κ3) is 4.63. The Bertz CT molecular complexity index is 1030. The maximum atomic E-state index is 12.7. The van der Waals surface area contributed by atoms with Gasteiger partial charge in [-0.05, 0) is 49.7 Å². The molecule has 8 nitrogen and oxygen atoms in total. The number of para-hydroxylation sites is 1. The van der Waals surface area contributed by atoms with E-state index in [1.165, 1.54) is 4.57 Å². The van der Waals surface area contributed by atoms with Gasteiger partial charge in [0.25, 0.3) is 5.56 Å². The number of hydrogen-bond donors (Lipinski definition) is 3. The molecule has 0 radical (unpaired) electrons. The quantitative estimate of drug-likeness (QED) is 0.639. The fraction of sp³-hybridized carbons (Fsp3) is 0.545. The zero-order chi connectivity index (χ0) is 21.8. The van der Waals surface area contributed by atoms with Crippen molar-refractivity contribution in [3.63, 3.8) is 0 Å². The third-order valence-corrected chi connectivity index (χ3v) is 6.32. The van der Waals surface area contributed by atoms with Gasteiger partial charge in [0.15, 0.2) is 0 Å². The van der Waals surface area contributed by atoms with Crippen LogP contribution in [0.25, 0.3) is 10.9 Å². The second-order valence-corrected chi connectivity index (χ2v) is 8.32. The van der Waals surface area contributed by atoms with Gasteiger partial charge in [-0.3, -0.25) is 14.2 Å². The van der Waals surface area contributed by atoms with Gasteiger partial charge in [0, 0.05) is 12.5 Å². The first-order chi connectivity index (χ1) is 14.3. The normalized spacial score (nSPS) is 21.1. The number of amides is 1. The zero-order valence-corrected chi connectivity index (χ0v) is 17.4. The number of aromatic nitrogens is 2. The minimum atomic E-state index is -1.01. The summed E-state index contributed by atoms with van der Waals surface area (Å²) in [4.78, 5) is 51.8. The first-order valence-corrected chi connectivity index (χ1v) is 10.6. The number of aliphatic carboxylic acids is 1. The predicted octanol–water partition coefficient (Wildman–Crippen LogP) is 2.11. The van der Waals surface area contributed by atoms with Gasteiger partial charge in [-0.2, -0.15) is 0 Å². The highest BCUT2D eigenvalue weighted by atomic mass is 16.4. The van der Waals surface area contributed by atoms with Crippen molar-refractivity contribution >= 4 is 22.8 Å². The van der Waals surface area contributed by atoms with Gasteiger partial charge in [0.1, 0.15) is 6.04 Å². The number of carbonyl (C=O) groups excluding carboxylic acids is 1. The average molecular weight is 415 g/mol. The van der Waals surface area contributed by atoms with E-state index in [4.69, 9.17) is 0 Å². The highest BCUT2D eigenvalue weighted by Crippen LogP contribution is 2.30. The van der Waals surface area contributed by atoms with Crippen molar-refractivity contribution in [3.8, 4) is 0 Å². The molecule has 30 heavy (non-hydrogen) atoms. The Hall–Kier alpha value is -2.90. The summed E-state index contributed by atoms with van der Waals surface area (Å²) >= 11 is 0. The summed E-state index contributed by atoms with van der Waals surface area (Å²) < 4.78 is 1.25. The van der Waals surface area contributed by atoms with Gasteiger partial charge in [-0.15, -0.1) is 0 Å². The van der Waals surface area contributed by atoms with E-state index < -0.39 is 17.7 Å². The average Bonchev–Trinajstić information content (AvgIpc) is 2.74. The molecular weight excluding hydrogens is 386 g/mol. The molecule has 1 aromatic carbocycles. The molecule has 1 fully saturated rings. The van der Waals surface area contributed by atoms with Gasteiger partial charge in [0.2, 0.25) is 5.91 Å². The van der Waals surface area contributed by atoms with Crippen molar-refractivity contribution in [2.75, 3.05) is 0 Å². The number of H-pyrrole nitrogens is 1. The molecule has 8 heteroatoms. The fourth-order valence-corrected chi connectivity index (χ4v) is 4.18. The lowest BCUT2D eigenvalue weighted by molar-refractivity contribution is -0.144. The summed E-state index contributed by atoms with van der Waals surface area (Å²) in [5, 5.41) is 12.5. The van der Waals surface area contributed by atoms with Crippen LogP contribution in [0.3, 0.4) is 0 Å². The number of carboxylic acids is 1. The van der Waals surface area contributed by atoms with Crippen LogP contribution in [-0.4, -0.2) is 32.6 Å². The Labute approximate surface area is 174 Å². The van der Waals surface area contributed by atoms with E-state index in [9.17, 15) is 24.3 Å². The highest BCUT2D eigenvalue weighted by molar-refractivity contribution is 5.85. The van der Waals surface area contributed by atoms with Gasteiger partial charge in [-0.25, -0.2) is 9.59 Å². The molecule has 1 saturated carbocycles. The second-order valence-electron chi connectivity index (χ2n) is 8.32. The molecule has 2 atom stereocenters. The minimum absolute atomic E-state index is 0.124. The van der Waals surface area contributed by atoms with Gasteiger partial charge >= 0.3 is 11.7 Å². The van der Waals surface area contributed by atoms with Crippen molar-refractivity contribution < 1.29 is 14.7 Å². The largest absolute Gasteiger partial charge is 0.480 e. The number of carboxylic acid groups (broad SMARTS) is 1. The van der Waals surface area contributed by atoms with E-state index in [0.29, 0.717) is 49.6 Å². The maximum Gasteiger partial charge on any atom is 0.328 e. The molecule has 3 rings (SSSR count). The molecule has 0 aliphatic heterocycles. The van der Waals surface area contributed by atoms with E-state index in [-0.39, 0.29) is 29.2 Å². The van der Waals surface area contributed by atoms with Crippen LogP contribution < -0.4 is 16.6 Å². The van der Waals surface area contributed by atoms with Crippen molar-refractivity contribution in [2.24, 2.45) is 17.8 Å². The molecule has 1 heterocycles. The number of fused-ring (bicyclic) bond motifs is 1. The molecule has 0 saturated heterocycles. The first kappa shape index (κ1) is 21.8. The maximum absolute atomic E-state index is 12.7.